The van der Waals surface area contributed by atoms with E-state index in [9.17, 15) is 13.2 Å². The van der Waals surface area contributed by atoms with E-state index >= 15 is 0 Å². The van der Waals surface area contributed by atoms with Gasteiger partial charge in [0.25, 0.3) is 0 Å². The molecule has 1 aliphatic rings. The van der Waals surface area contributed by atoms with Gasteiger partial charge in [-0.1, -0.05) is 0 Å². The van der Waals surface area contributed by atoms with Crippen molar-refractivity contribution in [1.29, 1.82) is 0 Å². The van der Waals surface area contributed by atoms with Crippen molar-refractivity contribution in [1.82, 2.24) is 14.5 Å². The third-order valence-electron chi connectivity index (χ3n) is 3.27. The van der Waals surface area contributed by atoms with Crippen molar-refractivity contribution in [3.05, 3.63) is 0 Å². The molecule has 0 aromatic carbocycles. The molecule has 1 rings (SSSR count). The molecular formula is C11H23N3O3S. The maximum atomic E-state index is 12.4. The van der Waals surface area contributed by atoms with Gasteiger partial charge in [0.15, 0.2) is 5.25 Å². The molecule has 18 heavy (non-hydrogen) atoms. The summed E-state index contributed by atoms with van der Waals surface area (Å²) in [6.45, 7) is 6.27. The fourth-order valence-corrected chi connectivity index (χ4v) is 3.92. The summed E-state index contributed by atoms with van der Waals surface area (Å²) >= 11 is 0. The van der Waals surface area contributed by atoms with E-state index in [1.54, 1.807) is 14.1 Å². The number of rotatable bonds is 3. The average molecular weight is 277 g/mol. The lowest BCUT2D eigenvalue weighted by Gasteiger charge is -2.37. The van der Waals surface area contributed by atoms with E-state index in [1.807, 2.05) is 13.8 Å². The maximum Gasteiger partial charge on any atom is 0.241 e. The van der Waals surface area contributed by atoms with Crippen LogP contribution in [0, 0.1) is 0 Å². The van der Waals surface area contributed by atoms with E-state index in [4.69, 9.17) is 0 Å². The molecule has 1 amide bonds. The predicted molar refractivity (Wildman–Crippen MR) is 70.7 cm³/mol. The Morgan fingerprint density at radius 2 is 1.94 bits per heavy atom. The molecule has 0 saturated carbocycles. The Balaban J connectivity index is 2.94. The Labute approximate surface area is 109 Å². The Hall–Kier alpha value is -0.660. The first-order valence-electron chi connectivity index (χ1n) is 6.13. The smallest absolute Gasteiger partial charge is 0.241 e. The summed E-state index contributed by atoms with van der Waals surface area (Å²) in [5.74, 6) is -0.381. The van der Waals surface area contributed by atoms with Crippen LogP contribution in [-0.4, -0.2) is 68.0 Å². The molecule has 0 aliphatic carbocycles. The number of hydrogen-bond donors (Lipinski definition) is 1. The van der Waals surface area contributed by atoms with E-state index in [2.05, 4.69) is 5.32 Å². The summed E-state index contributed by atoms with van der Waals surface area (Å²) in [7, 11) is -0.451. The number of nitrogens with zero attached hydrogens (tertiary/aromatic N) is 2. The van der Waals surface area contributed by atoms with Crippen molar-refractivity contribution in [2.24, 2.45) is 0 Å². The highest BCUT2D eigenvalue weighted by Gasteiger charge is 2.39. The van der Waals surface area contributed by atoms with Gasteiger partial charge in [0.05, 0.1) is 0 Å². The van der Waals surface area contributed by atoms with Crippen LogP contribution in [0.5, 0.6) is 0 Å². The fraction of sp³-hybridized carbons (Fsp3) is 0.909. The summed E-state index contributed by atoms with van der Waals surface area (Å²) in [6.07, 6.45) is 0. The topological polar surface area (TPSA) is 69.7 Å². The zero-order chi connectivity index (χ0) is 14.1. The van der Waals surface area contributed by atoms with Crippen LogP contribution in [0.4, 0.5) is 0 Å². The van der Waals surface area contributed by atoms with Gasteiger partial charge in [-0.05, 0) is 20.8 Å². The van der Waals surface area contributed by atoms with Crippen molar-refractivity contribution in [2.75, 3.05) is 27.2 Å². The summed E-state index contributed by atoms with van der Waals surface area (Å²) < 4.78 is 26.3. The first kappa shape index (κ1) is 15.4. The molecule has 0 aromatic rings. The largest absolute Gasteiger partial charge is 0.348 e. The van der Waals surface area contributed by atoms with E-state index < -0.39 is 15.3 Å². The number of amides is 1. The highest BCUT2D eigenvalue weighted by atomic mass is 32.2. The van der Waals surface area contributed by atoms with Crippen LogP contribution in [0.2, 0.25) is 0 Å². The normalized spacial score (nSPS) is 27.8. The fourth-order valence-electron chi connectivity index (χ4n) is 2.04. The lowest BCUT2D eigenvalue weighted by molar-refractivity contribution is -0.128. The Kier molecular flexibility index (Phi) is 4.74. The lowest BCUT2D eigenvalue weighted by atomic mass is 10.2. The summed E-state index contributed by atoms with van der Waals surface area (Å²) in [5, 5.41) is 2.20. The van der Waals surface area contributed by atoms with Crippen LogP contribution in [0.1, 0.15) is 20.8 Å². The monoisotopic (exact) mass is 277 g/mol. The number of carbonyl (C=O) groups is 1. The summed E-state index contributed by atoms with van der Waals surface area (Å²) in [4.78, 5) is 13.1. The van der Waals surface area contributed by atoms with Gasteiger partial charge < -0.3 is 10.2 Å². The number of hydrogen-bond acceptors (Lipinski definition) is 4. The zero-order valence-electron chi connectivity index (χ0n) is 11.7. The third-order valence-corrected chi connectivity index (χ3v) is 5.53. The molecule has 7 heteroatoms. The molecule has 6 nitrogen and oxygen atoms in total. The molecule has 1 fully saturated rings. The zero-order valence-corrected chi connectivity index (χ0v) is 12.5. The van der Waals surface area contributed by atoms with Crippen LogP contribution in [0.15, 0.2) is 0 Å². The molecule has 0 radical (unpaired) electrons. The molecule has 1 aliphatic heterocycles. The second-order valence-electron chi connectivity index (χ2n) is 5.15. The van der Waals surface area contributed by atoms with Crippen molar-refractivity contribution in [3.63, 3.8) is 0 Å². The van der Waals surface area contributed by atoms with E-state index in [-0.39, 0.29) is 18.0 Å². The molecule has 106 valence electrons. The van der Waals surface area contributed by atoms with Crippen molar-refractivity contribution >= 4 is 15.9 Å². The Bertz CT molecular complexity index is 408. The van der Waals surface area contributed by atoms with Gasteiger partial charge in [0, 0.05) is 39.3 Å². The molecule has 1 heterocycles. The minimum Gasteiger partial charge on any atom is -0.348 e. The van der Waals surface area contributed by atoms with Crippen LogP contribution < -0.4 is 5.32 Å². The van der Waals surface area contributed by atoms with Gasteiger partial charge in [0.1, 0.15) is 0 Å². The second-order valence-corrected chi connectivity index (χ2v) is 7.35. The molecule has 1 N–H and O–H groups in total. The minimum atomic E-state index is -3.59. The molecule has 1 saturated heterocycles. The van der Waals surface area contributed by atoms with Crippen molar-refractivity contribution in [3.8, 4) is 0 Å². The minimum absolute atomic E-state index is 0.109. The van der Waals surface area contributed by atoms with Crippen LogP contribution in [-0.2, 0) is 14.8 Å². The predicted octanol–water partition coefficient (Wildman–Crippen LogP) is -0.525. The number of piperazine rings is 1. The Morgan fingerprint density at radius 3 is 2.44 bits per heavy atom. The first-order chi connectivity index (χ1) is 8.17. The average Bonchev–Trinajstić information content (AvgIpc) is 2.29. The highest BCUT2D eigenvalue weighted by Crippen LogP contribution is 2.17. The SMILES string of the molecule is CC1CN(S(=O)(=O)C(C)C(=O)N(C)C)C(C)CN1. The molecule has 0 aromatic heterocycles. The quantitative estimate of drug-likeness (QED) is 0.753. The van der Waals surface area contributed by atoms with Gasteiger partial charge in [-0.3, -0.25) is 4.79 Å². The number of carbonyl (C=O) groups excluding carboxylic acids is 1. The standard InChI is InChI=1S/C11H23N3O3S/c1-8-7-14(9(2)6-12-8)18(16,17)10(3)11(15)13(4)5/h8-10,12H,6-7H2,1-5H3. The Morgan fingerprint density at radius 1 is 1.39 bits per heavy atom. The van der Waals surface area contributed by atoms with Gasteiger partial charge in [-0.2, -0.15) is 4.31 Å². The van der Waals surface area contributed by atoms with Crippen LogP contribution in [0.25, 0.3) is 0 Å². The third kappa shape index (κ3) is 3.02. The van der Waals surface area contributed by atoms with Crippen molar-refractivity contribution < 1.29 is 13.2 Å². The summed E-state index contributed by atoms with van der Waals surface area (Å²) in [6, 6.07) is -0.0127. The molecule has 0 bridgehead atoms. The van der Waals surface area contributed by atoms with Gasteiger partial charge in [0.2, 0.25) is 15.9 Å². The van der Waals surface area contributed by atoms with E-state index in [0.717, 1.165) is 0 Å². The van der Waals surface area contributed by atoms with E-state index in [0.29, 0.717) is 13.1 Å². The van der Waals surface area contributed by atoms with Crippen LogP contribution in [0.3, 0.4) is 0 Å². The molecule has 0 spiro atoms. The maximum absolute atomic E-state index is 12.4. The van der Waals surface area contributed by atoms with Crippen LogP contribution >= 0.6 is 0 Å². The molecular weight excluding hydrogens is 254 g/mol. The number of nitrogens with one attached hydrogen (secondary N) is 1. The van der Waals surface area contributed by atoms with Gasteiger partial charge in [-0.25, -0.2) is 8.42 Å². The van der Waals surface area contributed by atoms with Crippen molar-refractivity contribution in [2.45, 2.75) is 38.1 Å². The molecule has 3 unspecified atom stereocenters. The lowest BCUT2D eigenvalue weighted by Crippen LogP contribution is -2.59. The van der Waals surface area contributed by atoms with Gasteiger partial charge in [-0.15, -0.1) is 0 Å². The van der Waals surface area contributed by atoms with E-state index in [1.165, 1.54) is 16.1 Å². The first-order valence-corrected chi connectivity index (χ1v) is 7.63. The highest BCUT2D eigenvalue weighted by molar-refractivity contribution is 7.90. The second kappa shape index (κ2) is 5.54. The molecule has 3 atom stereocenters. The summed E-state index contributed by atoms with van der Waals surface area (Å²) in [5.41, 5.74) is 0. The van der Waals surface area contributed by atoms with Gasteiger partial charge >= 0.3 is 0 Å². The number of sulfonamides is 1.